The van der Waals surface area contributed by atoms with E-state index in [9.17, 15) is 4.79 Å². The minimum Gasteiger partial charge on any atom is -0.450 e. The molecule has 1 heterocycles. The van der Waals surface area contributed by atoms with Crippen LogP contribution in [0.25, 0.3) is 0 Å². The second kappa shape index (κ2) is 5.47. The van der Waals surface area contributed by atoms with Gasteiger partial charge in [-0.3, -0.25) is 0 Å². The molecule has 0 saturated carbocycles. The summed E-state index contributed by atoms with van der Waals surface area (Å²) in [5.74, 6) is 0. The lowest BCUT2D eigenvalue weighted by molar-refractivity contribution is 0.108. The number of alkyl halides is 1. The first-order chi connectivity index (χ1) is 6.24. The third-order valence-corrected chi connectivity index (χ3v) is 3.10. The largest absolute Gasteiger partial charge is 0.450 e. The minimum absolute atomic E-state index is 0.163. The molecular weight excluding hydrogens is 234 g/mol. The fourth-order valence-electron chi connectivity index (χ4n) is 1.45. The molecule has 0 aromatic rings. The van der Waals surface area contributed by atoms with Crippen molar-refractivity contribution in [1.82, 2.24) is 4.90 Å². The molecule has 0 radical (unpaired) electrons. The van der Waals surface area contributed by atoms with Crippen LogP contribution in [0.2, 0.25) is 0 Å². The van der Waals surface area contributed by atoms with Crippen LogP contribution in [-0.2, 0) is 4.74 Å². The zero-order valence-electron chi connectivity index (χ0n) is 7.96. The molecule has 0 aliphatic carbocycles. The molecule has 1 aliphatic heterocycles. The van der Waals surface area contributed by atoms with Gasteiger partial charge in [-0.1, -0.05) is 15.9 Å². The number of hydrogen-bond donors (Lipinski definition) is 0. The number of likely N-dealkylation sites (tertiary alicyclic amines) is 1. The monoisotopic (exact) mass is 249 g/mol. The number of halogens is 1. The van der Waals surface area contributed by atoms with Crippen molar-refractivity contribution >= 4 is 22.0 Å². The van der Waals surface area contributed by atoms with Gasteiger partial charge < -0.3 is 9.64 Å². The summed E-state index contributed by atoms with van der Waals surface area (Å²) >= 11 is 3.58. The van der Waals surface area contributed by atoms with Gasteiger partial charge in [0.2, 0.25) is 0 Å². The van der Waals surface area contributed by atoms with E-state index >= 15 is 0 Å². The van der Waals surface area contributed by atoms with Crippen molar-refractivity contribution in [2.45, 2.75) is 31.0 Å². The Hall–Kier alpha value is -0.250. The SMILES string of the molecule is CCOC(=O)N1CCCC(Br)CC1. The molecule has 0 aromatic heterocycles. The van der Waals surface area contributed by atoms with Gasteiger partial charge in [-0.2, -0.15) is 0 Å². The van der Waals surface area contributed by atoms with Gasteiger partial charge in [0, 0.05) is 17.9 Å². The van der Waals surface area contributed by atoms with Crippen LogP contribution in [0.5, 0.6) is 0 Å². The number of hydrogen-bond acceptors (Lipinski definition) is 2. The predicted octanol–water partition coefficient (Wildman–Crippen LogP) is 2.39. The van der Waals surface area contributed by atoms with E-state index in [1.807, 2.05) is 6.92 Å². The molecule has 0 N–H and O–H groups in total. The highest BCUT2D eigenvalue weighted by Crippen LogP contribution is 2.17. The van der Waals surface area contributed by atoms with Crippen molar-refractivity contribution in [1.29, 1.82) is 0 Å². The fourth-order valence-corrected chi connectivity index (χ4v) is 1.98. The van der Waals surface area contributed by atoms with E-state index in [-0.39, 0.29) is 6.09 Å². The smallest absolute Gasteiger partial charge is 0.409 e. The van der Waals surface area contributed by atoms with E-state index < -0.39 is 0 Å². The molecule has 0 aromatic carbocycles. The lowest BCUT2D eigenvalue weighted by Gasteiger charge is -2.18. The number of ether oxygens (including phenoxy) is 1. The zero-order valence-corrected chi connectivity index (χ0v) is 9.55. The van der Waals surface area contributed by atoms with Gasteiger partial charge in [-0.05, 0) is 26.2 Å². The number of carbonyl (C=O) groups excluding carboxylic acids is 1. The Morgan fingerprint density at radius 2 is 2.31 bits per heavy atom. The molecule has 0 bridgehead atoms. The second-order valence-electron chi connectivity index (χ2n) is 3.21. The fraction of sp³-hybridized carbons (Fsp3) is 0.889. The molecule has 76 valence electrons. The summed E-state index contributed by atoms with van der Waals surface area (Å²) in [6.07, 6.45) is 3.08. The van der Waals surface area contributed by atoms with E-state index in [1.54, 1.807) is 4.90 Å². The predicted molar refractivity (Wildman–Crippen MR) is 55.2 cm³/mol. The topological polar surface area (TPSA) is 29.5 Å². The third kappa shape index (κ3) is 3.55. The molecular formula is C9H16BrNO2. The zero-order chi connectivity index (χ0) is 9.68. The highest BCUT2D eigenvalue weighted by Gasteiger charge is 2.19. The van der Waals surface area contributed by atoms with Crippen LogP contribution in [0.1, 0.15) is 26.2 Å². The van der Waals surface area contributed by atoms with E-state index in [4.69, 9.17) is 4.74 Å². The van der Waals surface area contributed by atoms with Gasteiger partial charge in [-0.25, -0.2) is 4.79 Å². The van der Waals surface area contributed by atoms with Crippen LogP contribution in [0.15, 0.2) is 0 Å². The Morgan fingerprint density at radius 3 is 3.00 bits per heavy atom. The van der Waals surface area contributed by atoms with E-state index in [0.29, 0.717) is 11.4 Å². The maximum absolute atomic E-state index is 11.3. The van der Waals surface area contributed by atoms with Crippen LogP contribution >= 0.6 is 15.9 Å². The first kappa shape index (κ1) is 10.8. The van der Waals surface area contributed by atoms with Crippen LogP contribution in [0, 0.1) is 0 Å². The van der Waals surface area contributed by atoms with Gasteiger partial charge in [0.1, 0.15) is 0 Å². The van der Waals surface area contributed by atoms with Crippen molar-refractivity contribution in [3.63, 3.8) is 0 Å². The van der Waals surface area contributed by atoms with Crippen LogP contribution in [0.3, 0.4) is 0 Å². The highest BCUT2D eigenvalue weighted by molar-refractivity contribution is 9.09. The summed E-state index contributed by atoms with van der Waals surface area (Å²) < 4.78 is 4.94. The molecule has 1 atom stereocenters. The lowest BCUT2D eigenvalue weighted by Crippen LogP contribution is -2.32. The van der Waals surface area contributed by atoms with Gasteiger partial charge in [0.15, 0.2) is 0 Å². The minimum atomic E-state index is -0.163. The first-order valence-electron chi connectivity index (χ1n) is 4.79. The molecule has 0 spiro atoms. The number of carbonyl (C=O) groups is 1. The summed E-state index contributed by atoms with van der Waals surface area (Å²) in [6.45, 7) is 3.95. The Balaban J connectivity index is 2.37. The third-order valence-electron chi connectivity index (χ3n) is 2.18. The summed E-state index contributed by atoms with van der Waals surface area (Å²) in [5, 5.41) is 0. The Kier molecular flexibility index (Phi) is 4.56. The molecule has 1 aliphatic rings. The molecule has 1 unspecified atom stereocenters. The van der Waals surface area contributed by atoms with Crippen molar-refractivity contribution in [2.75, 3.05) is 19.7 Å². The maximum atomic E-state index is 11.3. The molecule has 1 rings (SSSR count). The number of amides is 1. The number of nitrogens with zero attached hydrogens (tertiary/aromatic N) is 1. The van der Waals surface area contributed by atoms with Crippen LogP contribution in [-0.4, -0.2) is 35.5 Å². The van der Waals surface area contributed by atoms with E-state index in [2.05, 4.69) is 15.9 Å². The lowest BCUT2D eigenvalue weighted by atomic mass is 10.2. The van der Waals surface area contributed by atoms with Crippen molar-refractivity contribution in [3.05, 3.63) is 0 Å². The normalized spacial score (nSPS) is 23.8. The van der Waals surface area contributed by atoms with E-state index in [0.717, 1.165) is 32.4 Å². The standard InChI is InChI=1S/C9H16BrNO2/c1-2-13-9(12)11-6-3-4-8(10)5-7-11/h8H,2-7H2,1H3. The summed E-state index contributed by atoms with van der Waals surface area (Å²) in [7, 11) is 0. The summed E-state index contributed by atoms with van der Waals surface area (Å²) in [5.41, 5.74) is 0. The van der Waals surface area contributed by atoms with E-state index in [1.165, 1.54) is 0 Å². The van der Waals surface area contributed by atoms with Crippen molar-refractivity contribution in [3.8, 4) is 0 Å². The first-order valence-corrected chi connectivity index (χ1v) is 5.71. The molecule has 1 amide bonds. The van der Waals surface area contributed by atoms with Crippen molar-refractivity contribution < 1.29 is 9.53 Å². The van der Waals surface area contributed by atoms with Crippen LogP contribution in [0.4, 0.5) is 4.79 Å². The Labute approximate surface area is 87.6 Å². The average molecular weight is 250 g/mol. The van der Waals surface area contributed by atoms with Gasteiger partial charge in [0.25, 0.3) is 0 Å². The summed E-state index contributed by atoms with van der Waals surface area (Å²) in [6, 6.07) is 0. The molecule has 4 heteroatoms. The Morgan fingerprint density at radius 1 is 1.54 bits per heavy atom. The average Bonchev–Trinajstić information content (AvgIpc) is 2.30. The van der Waals surface area contributed by atoms with Crippen LogP contribution < -0.4 is 0 Å². The molecule has 1 saturated heterocycles. The van der Waals surface area contributed by atoms with Gasteiger partial charge in [0.05, 0.1) is 6.61 Å². The van der Waals surface area contributed by atoms with Gasteiger partial charge in [-0.15, -0.1) is 0 Å². The maximum Gasteiger partial charge on any atom is 0.409 e. The van der Waals surface area contributed by atoms with Gasteiger partial charge >= 0.3 is 6.09 Å². The molecule has 1 fully saturated rings. The number of rotatable bonds is 1. The molecule has 3 nitrogen and oxygen atoms in total. The quantitative estimate of drug-likeness (QED) is 0.669. The highest BCUT2D eigenvalue weighted by atomic mass is 79.9. The second-order valence-corrected chi connectivity index (χ2v) is 4.51. The molecule has 13 heavy (non-hydrogen) atoms. The summed E-state index contributed by atoms with van der Waals surface area (Å²) in [4.78, 5) is 13.7. The van der Waals surface area contributed by atoms with Crippen molar-refractivity contribution in [2.24, 2.45) is 0 Å². The Bertz CT molecular complexity index is 175.